The highest BCUT2D eigenvalue weighted by Gasteiger charge is 2.49. The first kappa shape index (κ1) is 32.3. The minimum absolute atomic E-state index is 0.0352. The summed E-state index contributed by atoms with van der Waals surface area (Å²) < 4.78 is 68.4. The zero-order valence-electron chi connectivity index (χ0n) is 26.4. The van der Waals surface area contributed by atoms with Crippen LogP contribution in [0.25, 0.3) is 5.57 Å². The lowest BCUT2D eigenvalue weighted by atomic mass is 9.59. The van der Waals surface area contributed by atoms with Crippen LogP contribution in [-0.2, 0) is 21.8 Å². The summed E-state index contributed by atoms with van der Waals surface area (Å²) >= 11 is 0. The molecule has 1 aromatic heterocycles. The summed E-state index contributed by atoms with van der Waals surface area (Å²) in [5.74, 6) is -1.21. The van der Waals surface area contributed by atoms with Crippen molar-refractivity contribution in [2.75, 3.05) is 13.2 Å². The van der Waals surface area contributed by atoms with Gasteiger partial charge in [0.2, 0.25) is 0 Å². The molecule has 1 N–H and O–H groups in total. The van der Waals surface area contributed by atoms with E-state index in [0.717, 1.165) is 60.2 Å². The van der Waals surface area contributed by atoms with Crippen molar-refractivity contribution >= 4 is 13.9 Å². The minimum Gasteiger partial charge on any atom is -0.410 e. The van der Waals surface area contributed by atoms with Gasteiger partial charge >= 0.3 is 6.18 Å². The highest BCUT2D eigenvalue weighted by Crippen LogP contribution is 2.57. The van der Waals surface area contributed by atoms with Gasteiger partial charge in [-0.2, -0.15) is 13.2 Å². The average molecular weight is 620 g/mol. The number of hydrogen-bond donors (Lipinski definition) is 1. The van der Waals surface area contributed by atoms with Crippen LogP contribution in [0.4, 0.5) is 17.6 Å². The number of hydrogen-bond acceptors (Lipinski definition) is 4. The second-order valence-corrected chi connectivity index (χ2v) is 19.3. The van der Waals surface area contributed by atoms with Crippen molar-refractivity contribution in [3.05, 3.63) is 69.3 Å². The molecule has 5 rings (SSSR count). The molecular weight excluding hydrogens is 574 g/mol. The van der Waals surface area contributed by atoms with Gasteiger partial charge in [0.05, 0.1) is 24.9 Å². The van der Waals surface area contributed by atoms with E-state index in [2.05, 4.69) is 33.9 Å². The van der Waals surface area contributed by atoms with Gasteiger partial charge in [0.15, 0.2) is 8.32 Å². The number of fused-ring (bicyclic) bond motifs is 1. The molecule has 4 nitrogen and oxygen atoms in total. The fourth-order valence-electron chi connectivity index (χ4n) is 6.68. The molecule has 2 atom stereocenters. The lowest BCUT2D eigenvalue weighted by molar-refractivity contribution is -0.137. The van der Waals surface area contributed by atoms with Crippen molar-refractivity contribution in [2.24, 2.45) is 5.41 Å². The van der Waals surface area contributed by atoms with Crippen LogP contribution < -0.4 is 0 Å². The Labute approximate surface area is 254 Å². The molecule has 0 amide bonds. The lowest BCUT2D eigenvalue weighted by Gasteiger charge is -2.51. The first-order valence-electron chi connectivity index (χ1n) is 15.5. The van der Waals surface area contributed by atoms with Crippen LogP contribution in [-0.4, -0.2) is 31.6 Å². The summed E-state index contributed by atoms with van der Waals surface area (Å²) in [6.45, 7) is 16.0. The van der Waals surface area contributed by atoms with E-state index in [1.54, 1.807) is 0 Å². The van der Waals surface area contributed by atoms with E-state index in [-0.39, 0.29) is 28.0 Å². The predicted octanol–water partition coefficient (Wildman–Crippen LogP) is 9.43. The standard InChI is InChI=1S/C34H45F4NO3Si/c1-20(2)30-29(31(40)23-10-9-22(17-24(23)35)34(36,37)38)27(21-11-15-41-16-12-21)28-25(39-30)18-33(13-8-14-33)19-26(28)42-43(6,7)32(3,4)5/h9-11,17,20,26,31,40H,8,12-16,18-19H2,1-7H3/t26-,31?/m1/s1. The highest BCUT2D eigenvalue weighted by atomic mass is 28.4. The molecule has 0 saturated heterocycles. The van der Waals surface area contributed by atoms with Crippen LogP contribution in [0.15, 0.2) is 24.3 Å². The Morgan fingerprint density at radius 2 is 1.84 bits per heavy atom. The van der Waals surface area contributed by atoms with Crippen LogP contribution in [0.2, 0.25) is 18.1 Å². The second-order valence-electron chi connectivity index (χ2n) is 14.6. The summed E-state index contributed by atoms with van der Waals surface area (Å²) in [5, 5.41) is 11.9. The van der Waals surface area contributed by atoms with Crippen molar-refractivity contribution in [1.29, 1.82) is 0 Å². The van der Waals surface area contributed by atoms with Crippen LogP contribution >= 0.6 is 0 Å². The van der Waals surface area contributed by atoms with E-state index in [1.807, 2.05) is 19.9 Å². The molecule has 1 saturated carbocycles. The third-order valence-electron chi connectivity index (χ3n) is 10.2. The summed E-state index contributed by atoms with van der Waals surface area (Å²) in [5.41, 5.74) is 3.70. The number of halogens is 4. The fraction of sp³-hybridized carbons (Fsp3) is 0.618. The van der Waals surface area contributed by atoms with E-state index < -0.39 is 32.0 Å². The molecular formula is C34H45F4NO3Si. The molecule has 1 unspecified atom stereocenters. The maximum absolute atomic E-state index is 15.4. The summed E-state index contributed by atoms with van der Waals surface area (Å²) in [6, 6.07) is 2.36. The van der Waals surface area contributed by atoms with E-state index in [1.165, 1.54) is 6.42 Å². The van der Waals surface area contributed by atoms with Gasteiger partial charge in [-0.05, 0) is 84.8 Å². The third kappa shape index (κ3) is 6.11. The van der Waals surface area contributed by atoms with Gasteiger partial charge in [-0.3, -0.25) is 4.98 Å². The van der Waals surface area contributed by atoms with Crippen molar-refractivity contribution in [2.45, 2.75) is 116 Å². The monoisotopic (exact) mass is 619 g/mol. The van der Waals surface area contributed by atoms with E-state index in [0.29, 0.717) is 37.0 Å². The fourth-order valence-corrected chi connectivity index (χ4v) is 7.94. The largest absolute Gasteiger partial charge is 0.416 e. The SMILES string of the molecule is CC(C)c1nc2c(c(C3=CCOCC3)c1C(O)c1ccc(C(F)(F)F)cc1F)[C@H](O[Si](C)(C)C(C)(C)C)CC1(CCC1)C2. The number of rotatable bonds is 6. The number of aliphatic hydroxyl groups excluding tert-OH is 1. The average Bonchev–Trinajstić information content (AvgIpc) is 2.89. The van der Waals surface area contributed by atoms with Gasteiger partial charge < -0.3 is 14.3 Å². The Morgan fingerprint density at radius 3 is 2.35 bits per heavy atom. The molecule has 2 heterocycles. The Balaban J connectivity index is 1.78. The molecule has 9 heteroatoms. The molecule has 1 fully saturated rings. The highest BCUT2D eigenvalue weighted by molar-refractivity contribution is 6.74. The van der Waals surface area contributed by atoms with E-state index >= 15 is 4.39 Å². The maximum atomic E-state index is 15.4. The Kier molecular flexibility index (Phi) is 8.55. The predicted molar refractivity (Wildman–Crippen MR) is 163 cm³/mol. The summed E-state index contributed by atoms with van der Waals surface area (Å²) in [4.78, 5) is 5.24. The zero-order chi connectivity index (χ0) is 31.5. The smallest absolute Gasteiger partial charge is 0.410 e. The first-order chi connectivity index (χ1) is 19.9. The van der Waals surface area contributed by atoms with Crippen molar-refractivity contribution < 1.29 is 31.8 Å². The normalized spacial score (nSPS) is 21.4. The lowest BCUT2D eigenvalue weighted by Crippen LogP contribution is -2.46. The second kappa shape index (κ2) is 11.4. The molecule has 0 bridgehead atoms. The van der Waals surface area contributed by atoms with Crippen LogP contribution in [0.3, 0.4) is 0 Å². The van der Waals surface area contributed by atoms with Gasteiger partial charge in [0.25, 0.3) is 0 Å². The molecule has 2 aliphatic carbocycles. The first-order valence-corrected chi connectivity index (χ1v) is 18.4. The van der Waals surface area contributed by atoms with Crippen LogP contribution in [0.1, 0.15) is 124 Å². The van der Waals surface area contributed by atoms with Crippen LogP contribution in [0.5, 0.6) is 0 Å². The molecule has 1 spiro atoms. The molecule has 43 heavy (non-hydrogen) atoms. The Bertz CT molecular complexity index is 1410. The Hall–Kier alpha value is -2.07. The number of nitrogens with zero attached hydrogens (tertiary/aromatic N) is 1. The van der Waals surface area contributed by atoms with E-state index in [9.17, 15) is 18.3 Å². The summed E-state index contributed by atoms with van der Waals surface area (Å²) in [6.07, 6.45) is 1.26. The van der Waals surface area contributed by atoms with Gasteiger partial charge in [-0.25, -0.2) is 4.39 Å². The number of ether oxygens (including phenoxy) is 1. The van der Waals surface area contributed by atoms with Gasteiger partial charge in [0, 0.05) is 28.1 Å². The maximum Gasteiger partial charge on any atom is 0.416 e. The molecule has 2 aromatic rings. The summed E-state index contributed by atoms with van der Waals surface area (Å²) in [7, 11) is -2.26. The molecule has 3 aliphatic rings. The van der Waals surface area contributed by atoms with Gasteiger partial charge in [0.1, 0.15) is 11.9 Å². The van der Waals surface area contributed by atoms with Gasteiger partial charge in [-0.1, -0.05) is 53.2 Å². The minimum atomic E-state index is -4.69. The molecule has 236 valence electrons. The van der Waals surface area contributed by atoms with Crippen molar-refractivity contribution in [3.8, 4) is 0 Å². The quantitative estimate of drug-likeness (QED) is 0.259. The van der Waals surface area contributed by atoms with Crippen molar-refractivity contribution in [1.82, 2.24) is 4.98 Å². The topological polar surface area (TPSA) is 51.6 Å². The third-order valence-corrected chi connectivity index (χ3v) is 14.7. The molecule has 1 aromatic carbocycles. The number of alkyl halides is 3. The molecule has 1 aliphatic heterocycles. The van der Waals surface area contributed by atoms with Gasteiger partial charge in [-0.15, -0.1) is 0 Å². The van der Waals surface area contributed by atoms with Crippen molar-refractivity contribution in [3.63, 3.8) is 0 Å². The zero-order valence-corrected chi connectivity index (χ0v) is 27.4. The number of aliphatic hydroxyl groups is 1. The Morgan fingerprint density at radius 1 is 1.14 bits per heavy atom. The van der Waals surface area contributed by atoms with Crippen LogP contribution in [0, 0.1) is 11.2 Å². The van der Waals surface area contributed by atoms with E-state index in [4.69, 9.17) is 14.1 Å². The molecule has 0 radical (unpaired) electrons. The number of pyridine rings is 1. The number of benzene rings is 1. The number of aromatic nitrogens is 1.